The molecule has 4 saturated heterocycles. The molecule has 0 saturated carbocycles. The van der Waals surface area contributed by atoms with Gasteiger partial charge in [0.1, 0.15) is 48.2 Å². The van der Waals surface area contributed by atoms with Crippen LogP contribution in [0.2, 0.25) is 0 Å². The number of hydrogen-bond donors (Lipinski definition) is 5. The van der Waals surface area contributed by atoms with Gasteiger partial charge in [0.15, 0.2) is 80.1 Å². The molecule has 0 aromatic heterocycles. The normalized spacial score (nSPS) is 27.3. The number of aliphatic hydroxyl groups excluding tert-OH is 1. The van der Waals surface area contributed by atoms with E-state index in [0.29, 0.717) is 140 Å². The highest BCUT2D eigenvalue weighted by molar-refractivity contribution is 7.99. The summed E-state index contributed by atoms with van der Waals surface area (Å²) in [5, 5.41) is 51.5. The van der Waals surface area contributed by atoms with Crippen molar-refractivity contribution in [1.82, 2.24) is 30.2 Å². The van der Waals surface area contributed by atoms with Crippen molar-refractivity contribution in [3.63, 3.8) is 0 Å². The van der Waals surface area contributed by atoms with Crippen LogP contribution in [0.15, 0.2) is 36.4 Å². The molecule has 14 atom stereocenters. The lowest BCUT2D eigenvalue weighted by molar-refractivity contribution is -0.186. The Morgan fingerprint density at radius 1 is 0.520 bits per heavy atom. The van der Waals surface area contributed by atoms with Crippen molar-refractivity contribution in [1.29, 1.82) is 5.26 Å². The number of phenolic OH excluding ortho intramolecular Hbond substituents is 2. The number of phenols is 2. The molecule has 4 fully saturated rings. The number of methoxy groups -OCH3 is 4. The van der Waals surface area contributed by atoms with Gasteiger partial charge in [-0.15, -0.1) is 23.5 Å². The van der Waals surface area contributed by atoms with Crippen LogP contribution in [0.25, 0.3) is 0 Å². The molecule has 123 heavy (non-hydrogen) atoms. The maximum absolute atomic E-state index is 14.9. The van der Waals surface area contributed by atoms with Crippen molar-refractivity contribution in [2.45, 2.75) is 202 Å². The lowest BCUT2D eigenvalue weighted by Gasteiger charge is -2.62. The Morgan fingerprint density at radius 2 is 0.927 bits per heavy atom. The third-order valence-corrected chi connectivity index (χ3v) is 28.8. The Labute approximate surface area is 719 Å². The second-order valence-electron chi connectivity index (χ2n) is 35.1. The van der Waals surface area contributed by atoms with Crippen LogP contribution in [-0.2, 0) is 74.9 Å². The zero-order valence-corrected chi connectivity index (χ0v) is 73.4. The highest BCUT2D eigenvalue weighted by Gasteiger charge is 2.65. The van der Waals surface area contributed by atoms with Crippen LogP contribution in [-0.4, -0.2) is 213 Å². The SMILES string of the molecule is COc1cc2c(cc1O)CCN[C@]21CS[C@@H]2c3c(OC(C)=O)c(C)c4c(c3[C@H](COC1=O)N1C2[C@H]2c3c(cc(C)c(OC)c3OC(=O)OC(C)(C)C)C[C@@H]([C@@H]1C#N)N2C)OCO4.COc1cc2c(cc1O)CCN[C@]21CS[C@@H]2c3c(OC(C)=O)c(C)c4c(c3[C@H](COC1=O)N1C2[C@H]2c3c(cc(C)c(OC)c3OC(=O)OC(C)(C)C)C[C@@H]([C@@H]1O)N2C)OCO4. The number of carbonyl (C=O) groups is 6. The van der Waals surface area contributed by atoms with E-state index in [2.05, 4.69) is 31.4 Å². The van der Waals surface area contributed by atoms with Crippen LogP contribution in [0.4, 0.5) is 9.59 Å². The summed E-state index contributed by atoms with van der Waals surface area (Å²) in [6.07, 6.45) is -1.05. The van der Waals surface area contributed by atoms with Gasteiger partial charge in [0.2, 0.25) is 13.6 Å². The molecule has 32 nitrogen and oxygen atoms in total. The second-order valence-corrected chi connectivity index (χ2v) is 37.4. The number of esters is 4. The smallest absolute Gasteiger partial charge is 0.504 e. The number of likely N-dealkylation sites (N-methyl/N-ethyl adjacent to an activating group) is 2. The Hall–Kier alpha value is -10.3. The van der Waals surface area contributed by atoms with Crippen molar-refractivity contribution in [3.05, 3.63) is 125 Å². The van der Waals surface area contributed by atoms with Crippen molar-refractivity contribution < 1.29 is 120 Å². The standard InChI is InChI=1S/C45H50N4O12S.C44H51N3O13S/c1-20-12-24-13-26-27(16-46)49-28-17-56-42(52)45(25-15-30(54-8)29(51)14-23(25)10-11-47-45)18-62-41(33-32(28)39-38(57-19-58-39)21(2)37(33)59-22(3)50)35(49)34(48(26)7)31(24)40(36(20)55-9)60-43(53)61-44(4,5)6;1-19-12-23-13-25-40(50)47-26-16-55-41(51)44(24-15-28(53-8)27(49)14-22(24)10-11-45-44)17-61-39(31-30(26)37-36(56-18-57-37)20(2)35(31)58-21(3)48)33(47)32(46(25)7)29(23)38(34(19)54-9)59-42(52)60-43(4,5)6/h12,14-15,26-28,34-35,41,47,51H,10-11,13,17-19H2,1-9H3;12,14-15,25-26,32-33,39-40,45,49-50H,10-11,13,16-18H2,1-9H3/t26-,27-,28-,34+,35?,41+,45+;25-,26-,32+,33?,39+,40-,44+/m00/s1. The number of fused-ring (bicyclic) bond motifs is 18. The first-order valence-electron chi connectivity index (χ1n) is 41.0. The number of aromatic hydroxyl groups is 2. The quantitative estimate of drug-likeness (QED) is 0.0409. The van der Waals surface area contributed by atoms with E-state index >= 15 is 0 Å². The number of nitrogens with zero attached hydrogens (tertiary/aromatic N) is 5. The van der Waals surface area contributed by atoms with Crippen molar-refractivity contribution in [2.75, 3.05) is 93.9 Å². The summed E-state index contributed by atoms with van der Waals surface area (Å²) in [5.74, 6) is 1.75. The average molecular weight is 1730 g/mol. The molecular formula is C89H101N7O25S2. The zero-order valence-electron chi connectivity index (χ0n) is 71.8. The maximum atomic E-state index is 14.9. The fourth-order valence-electron chi connectivity index (χ4n) is 21.0. The highest BCUT2D eigenvalue weighted by atomic mass is 32.2. The van der Waals surface area contributed by atoms with Crippen LogP contribution in [0, 0.1) is 39.0 Å². The van der Waals surface area contributed by atoms with Crippen molar-refractivity contribution in [2.24, 2.45) is 0 Å². The van der Waals surface area contributed by atoms with E-state index in [9.17, 15) is 49.3 Å². The minimum Gasteiger partial charge on any atom is -0.504 e. The predicted octanol–water partition coefficient (Wildman–Crippen LogP) is 10.6. The summed E-state index contributed by atoms with van der Waals surface area (Å²) < 4.78 is 96.8. The molecule has 5 N–H and O–H groups in total. The van der Waals surface area contributed by atoms with Crippen LogP contribution in [0.3, 0.4) is 0 Å². The lowest BCUT2D eigenvalue weighted by Crippen LogP contribution is -2.70. The molecule has 0 radical (unpaired) electrons. The van der Waals surface area contributed by atoms with E-state index < -0.39 is 124 Å². The molecule has 6 aromatic carbocycles. The molecule has 8 bridgehead atoms. The summed E-state index contributed by atoms with van der Waals surface area (Å²) in [4.78, 5) is 91.6. The van der Waals surface area contributed by atoms with E-state index in [1.165, 1.54) is 65.8 Å². The minimum atomic E-state index is -1.41. The first-order chi connectivity index (χ1) is 58.5. The highest BCUT2D eigenvalue weighted by Crippen LogP contribution is 2.68. The predicted molar refractivity (Wildman–Crippen MR) is 443 cm³/mol. The number of hydrogen-bond acceptors (Lipinski definition) is 34. The molecule has 14 aliphatic rings. The monoisotopic (exact) mass is 1730 g/mol. The van der Waals surface area contributed by atoms with Gasteiger partial charge in [-0.3, -0.25) is 39.8 Å². The number of rotatable bonds is 8. The lowest BCUT2D eigenvalue weighted by atomic mass is 9.71. The molecule has 2 unspecified atom stereocenters. The first-order valence-corrected chi connectivity index (χ1v) is 43.1. The van der Waals surface area contributed by atoms with Crippen LogP contribution in [0.5, 0.6) is 80.5 Å². The number of aryl methyl sites for hydroxylation is 2. The van der Waals surface area contributed by atoms with E-state index in [1.54, 1.807) is 65.8 Å². The van der Waals surface area contributed by atoms with Gasteiger partial charge < -0.3 is 91.1 Å². The summed E-state index contributed by atoms with van der Waals surface area (Å²) >= 11 is 2.89. The average Bonchev–Trinajstić information content (AvgIpc) is 1.46. The van der Waals surface area contributed by atoms with E-state index in [1.807, 2.05) is 58.8 Å². The molecule has 2 spiro atoms. The number of piperazine rings is 2. The van der Waals surface area contributed by atoms with E-state index in [-0.39, 0.29) is 78.8 Å². The maximum Gasteiger partial charge on any atom is 0.514 e. The molecule has 6 aromatic rings. The van der Waals surface area contributed by atoms with Gasteiger partial charge in [0, 0.05) is 101 Å². The van der Waals surface area contributed by atoms with Gasteiger partial charge in [-0.25, -0.2) is 19.2 Å². The Balaban J connectivity index is 0.000000175. The summed E-state index contributed by atoms with van der Waals surface area (Å²) in [5.41, 5.74) is 6.40. The van der Waals surface area contributed by atoms with Crippen LogP contribution < -0.4 is 67.5 Å². The zero-order chi connectivity index (χ0) is 87.6. The molecule has 20 rings (SSSR count). The van der Waals surface area contributed by atoms with Crippen molar-refractivity contribution >= 4 is 59.7 Å². The second kappa shape index (κ2) is 31.4. The number of aliphatic hydroxyl groups is 1. The largest absolute Gasteiger partial charge is 0.514 e. The van der Waals surface area contributed by atoms with E-state index in [4.69, 9.17) is 75.8 Å². The molecule has 34 heteroatoms. The Bertz CT molecular complexity index is 5490. The van der Waals surface area contributed by atoms with Gasteiger partial charge in [0.05, 0.1) is 75.2 Å². The Kier molecular flexibility index (Phi) is 21.7. The van der Waals surface area contributed by atoms with E-state index in [0.717, 1.165) is 33.4 Å². The number of nitriles is 1. The van der Waals surface area contributed by atoms with Gasteiger partial charge in [0.25, 0.3) is 0 Å². The summed E-state index contributed by atoms with van der Waals surface area (Å²) in [7, 11) is 9.87. The molecular weight excluding hydrogens is 1630 g/mol. The number of carbonyl (C=O) groups excluding carboxylic acids is 6. The fraction of sp³-hybridized carbons (Fsp3) is 0.517. The number of ether oxygens (including phenoxy) is 16. The van der Waals surface area contributed by atoms with Gasteiger partial charge in [-0.2, -0.15) is 5.26 Å². The van der Waals surface area contributed by atoms with Gasteiger partial charge in [-0.1, -0.05) is 12.1 Å². The Morgan fingerprint density at radius 3 is 1.33 bits per heavy atom. The summed E-state index contributed by atoms with van der Waals surface area (Å²) in [6.45, 7) is 20.8. The van der Waals surface area contributed by atoms with Crippen molar-refractivity contribution in [3.8, 4) is 86.6 Å². The summed E-state index contributed by atoms with van der Waals surface area (Å²) in [6, 6.07) is 7.61. The molecule has 654 valence electrons. The molecule has 14 aliphatic heterocycles. The minimum absolute atomic E-state index is 0.0415. The fourth-order valence-corrected chi connectivity index (χ4v) is 24.4. The number of nitrogens with one attached hydrogen (secondary N) is 2. The molecule has 0 aliphatic carbocycles. The number of benzene rings is 6. The van der Waals surface area contributed by atoms with Gasteiger partial charge in [-0.05, 0) is 178 Å². The molecule has 14 heterocycles. The third-order valence-electron chi connectivity index (χ3n) is 25.8. The van der Waals surface area contributed by atoms with Crippen LogP contribution >= 0.6 is 23.5 Å². The third kappa shape index (κ3) is 13.6. The molecule has 0 amide bonds. The number of thioether (sulfide) groups is 2. The van der Waals surface area contributed by atoms with Crippen LogP contribution in [0.1, 0.15) is 179 Å². The first kappa shape index (κ1) is 84.8. The van der Waals surface area contributed by atoms with Gasteiger partial charge >= 0.3 is 36.2 Å². The topological polar surface area (TPSA) is 372 Å².